The normalized spacial score (nSPS) is 10.3. The molecule has 0 aliphatic heterocycles. The number of benzene rings is 3. The average Bonchev–Trinajstić information content (AvgIpc) is 2.86. The van der Waals surface area contributed by atoms with Crippen LogP contribution in [-0.4, -0.2) is 15.4 Å². The zero-order valence-electron chi connectivity index (χ0n) is 22.1. The standard InChI is InChI=1S/C25H33FO2Si.3CO.Cr/c1-9-16-17(10-2)24(27-6)22-19-14-12-11-13-18(19)21(26)15-20(22)23(16)28-29(7,8)25(3,4)5;3*1-2;/h11-15H,9-10H2,1-8H3;;;;. The minimum absolute atomic E-state index is 0. The Balaban J connectivity index is 0. The summed E-state index contributed by atoms with van der Waals surface area (Å²) in [5, 5.41) is 3.30. The Morgan fingerprint density at radius 2 is 1.28 bits per heavy atom. The minimum atomic E-state index is -2.12. The van der Waals surface area contributed by atoms with E-state index >= 15 is 4.39 Å². The molecule has 3 aromatic carbocycles. The third-order valence-corrected chi connectivity index (χ3v) is 10.8. The van der Waals surface area contributed by atoms with Gasteiger partial charge in [-0.05, 0) is 48.0 Å². The zero-order valence-corrected chi connectivity index (χ0v) is 24.4. The van der Waals surface area contributed by atoms with Crippen molar-refractivity contribution in [3.05, 3.63) is 67.2 Å². The van der Waals surface area contributed by atoms with Gasteiger partial charge in [0.2, 0.25) is 0 Å². The second-order valence-corrected chi connectivity index (χ2v) is 13.9. The number of methoxy groups -OCH3 is 1. The van der Waals surface area contributed by atoms with Crippen LogP contribution in [0.3, 0.4) is 0 Å². The van der Waals surface area contributed by atoms with Gasteiger partial charge in [-0.15, -0.1) is 0 Å². The first-order valence-electron chi connectivity index (χ1n) is 11.1. The van der Waals surface area contributed by atoms with Crippen molar-refractivity contribution in [1.82, 2.24) is 0 Å². The molecule has 0 fully saturated rings. The maximum absolute atomic E-state index is 15.1. The molecule has 0 spiro atoms. The van der Waals surface area contributed by atoms with Gasteiger partial charge >= 0.3 is 33.9 Å². The first kappa shape index (κ1) is 35.8. The maximum atomic E-state index is 15.1. The van der Waals surface area contributed by atoms with Crippen LogP contribution in [0, 0.1) is 25.8 Å². The van der Waals surface area contributed by atoms with Gasteiger partial charge in [0.1, 0.15) is 17.3 Å². The number of hydrogen-bond acceptors (Lipinski definition) is 2. The van der Waals surface area contributed by atoms with Gasteiger partial charge in [0.25, 0.3) is 8.32 Å². The third kappa shape index (κ3) is 7.13. The number of fused-ring (bicyclic) bond motifs is 3. The van der Waals surface area contributed by atoms with E-state index in [2.05, 4.69) is 67.7 Å². The van der Waals surface area contributed by atoms with Gasteiger partial charge in [0.15, 0.2) is 0 Å². The predicted molar refractivity (Wildman–Crippen MR) is 136 cm³/mol. The van der Waals surface area contributed by atoms with Crippen LogP contribution in [0.15, 0.2) is 30.3 Å². The topological polar surface area (TPSA) is 78.2 Å². The number of rotatable bonds is 5. The van der Waals surface area contributed by atoms with E-state index in [1.54, 1.807) is 13.2 Å². The molecule has 0 radical (unpaired) electrons. The molecule has 3 rings (SSSR count). The quantitative estimate of drug-likeness (QED) is 0.143. The van der Waals surface area contributed by atoms with Crippen molar-refractivity contribution in [2.45, 2.75) is 65.6 Å². The second kappa shape index (κ2) is 15.7. The Kier molecular flexibility index (Phi) is 15.6. The van der Waals surface area contributed by atoms with Crippen molar-refractivity contribution in [3.8, 4) is 11.5 Å². The van der Waals surface area contributed by atoms with Crippen molar-refractivity contribution in [3.63, 3.8) is 0 Å². The Morgan fingerprint density at radius 1 is 0.833 bits per heavy atom. The van der Waals surface area contributed by atoms with Gasteiger partial charge in [-0.25, -0.2) is 4.39 Å². The van der Waals surface area contributed by atoms with Crippen molar-refractivity contribution in [2.24, 2.45) is 0 Å². The van der Waals surface area contributed by atoms with Gasteiger partial charge in [0.05, 0.1) is 7.11 Å². The largest absolute Gasteiger partial charge is 0 e. The monoisotopic (exact) mass is 548 g/mol. The molecule has 0 N–H and O–H groups in total. The van der Waals surface area contributed by atoms with Crippen molar-refractivity contribution >= 4 is 29.9 Å². The molecule has 0 saturated carbocycles. The fourth-order valence-corrected chi connectivity index (χ4v) is 4.89. The molecule has 0 bridgehead atoms. The molecule has 192 valence electrons. The fourth-order valence-electron chi connectivity index (χ4n) is 3.84. The third-order valence-electron chi connectivity index (χ3n) is 6.45. The van der Waals surface area contributed by atoms with Crippen molar-refractivity contribution in [2.75, 3.05) is 7.11 Å². The summed E-state index contributed by atoms with van der Waals surface area (Å²) in [4.78, 5) is 0. The van der Waals surface area contributed by atoms with E-state index in [4.69, 9.17) is 23.1 Å². The molecule has 0 heterocycles. The van der Waals surface area contributed by atoms with Crippen LogP contribution in [0.4, 0.5) is 4.39 Å². The molecule has 5 nitrogen and oxygen atoms in total. The summed E-state index contributed by atoms with van der Waals surface area (Å²) in [6.45, 7) is 28.9. The smallest absolute Gasteiger partial charge is 0 e. The van der Waals surface area contributed by atoms with E-state index in [0.717, 1.165) is 51.6 Å². The minimum Gasteiger partial charge on any atom is 0 e. The summed E-state index contributed by atoms with van der Waals surface area (Å²) in [7, 11) is -0.414. The second-order valence-electron chi connectivity index (χ2n) is 9.22. The van der Waals surface area contributed by atoms with Gasteiger partial charge in [0, 0.05) is 39.1 Å². The molecular weight excluding hydrogens is 515 g/mol. The molecule has 3 aromatic rings. The SMILES string of the molecule is CCc1c(CC)c(OC)c2c(cc(F)c3ccccc32)c1O[Si](C)(C)C(C)(C)C.[C-]#[O+].[C-]#[O+].[C-]#[O+].[Cr]. The molecule has 0 atom stereocenters. The van der Waals surface area contributed by atoms with Crippen LogP contribution < -0.4 is 9.16 Å². The van der Waals surface area contributed by atoms with E-state index in [-0.39, 0.29) is 28.2 Å². The maximum Gasteiger partial charge on any atom is 0 e. The van der Waals surface area contributed by atoms with Crippen molar-refractivity contribution in [1.29, 1.82) is 0 Å². The van der Waals surface area contributed by atoms with Crippen LogP contribution in [-0.2, 0) is 44.2 Å². The number of ether oxygens (including phenoxy) is 1. The number of halogens is 1. The summed E-state index contributed by atoms with van der Waals surface area (Å²) in [6.07, 6.45) is 1.65. The summed E-state index contributed by atoms with van der Waals surface area (Å²) in [6, 6.07) is 9.27. The molecule has 0 unspecified atom stereocenters. The molecule has 8 heteroatoms. The molecule has 0 amide bonds. The summed E-state index contributed by atoms with van der Waals surface area (Å²) in [5.74, 6) is 1.47. The number of hydrogen-bond donors (Lipinski definition) is 0. The van der Waals surface area contributed by atoms with Crippen LogP contribution in [0.5, 0.6) is 11.5 Å². The average molecular weight is 549 g/mol. The van der Waals surface area contributed by atoms with E-state index in [9.17, 15) is 0 Å². The fraction of sp³-hybridized carbons (Fsp3) is 0.393. The van der Waals surface area contributed by atoms with E-state index < -0.39 is 8.32 Å². The summed E-state index contributed by atoms with van der Waals surface area (Å²) >= 11 is 0. The molecule has 0 aliphatic carbocycles. The zero-order chi connectivity index (χ0) is 27.6. The van der Waals surface area contributed by atoms with Gasteiger partial charge < -0.3 is 9.16 Å². The molecule has 0 saturated heterocycles. The molecular formula is C28H33CrFO5Si. The Labute approximate surface area is 225 Å². The van der Waals surface area contributed by atoms with Crippen molar-refractivity contribution < 1.29 is 44.9 Å². The van der Waals surface area contributed by atoms with E-state index in [1.165, 1.54) is 0 Å². The van der Waals surface area contributed by atoms with Gasteiger partial charge in [-0.3, -0.25) is 0 Å². The molecule has 0 aliphatic rings. The Bertz CT molecular complexity index is 1200. The van der Waals surface area contributed by atoms with Crippen LogP contribution in [0.1, 0.15) is 45.7 Å². The first-order chi connectivity index (χ1) is 16.6. The van der Waals surface area contributed by atoms with Crippen LogP contribution >= 0.6 is 0 Å². The van der Waals surface area contributed by atoms with Crippen LogP contribution in [0.2, 0.25) is 18.1 Å². The van der Waals surface area contributed by atoms with E-state index in [1.807, 2.05) is 24.3 Å². The Hall–Kier alpha value is -2.32. The van der Waals surface area contributed by atoms with Gasteiger partial charge in [-0.1, -0.05) is 58.9 Å². The molecule has 36 heavy (non-hydrogen) atoms. The summed E-state index contributed by atoms with van der Waals surface area (Å²) in [5.41, 5.74) is 2.30. The summed E-state index contributed by atoms with van der Waals surface area (Å²) < 4.78 is 50.4. The molecule has 0 aromatic heterocycles. The Morgan fingerprint density at radius 3 is 1.69 bits per heavy atom. The predicted octanol–water partition coefficient (Wildman–Crippen LogP) is 7.53. The van der Waals surface area contributed by atoms with E-state index in [0.29, 0.717) is 5.39 Å². The van der Waals surface area contributed by atoms with Crippen LogP contribution in [0.25, 0.3) is 21.5 Å². The van der Waals surface area contributed by atoms with Gasteiger partial charge in [-0.2, -0.15) is 0 Å². The first-order valence-corrected chi connectivity index (χ1v) is 14.0.